The minimum absolute atomic E-state index is 0.0621. The van der Waals surface area contributed by atoms with Gasteiger partial charge in [-0.25, -0.2) is 0 Å². The lowest BCUT2D eigenvalue weighted by Crippen LogP contribution is -1.90. The molecule has 1 aromatic heterocycles. The molecule has 0 aliphatic heterocycles. The molecule has 2 N–H and O–H groups in total. The zero-order valence-electron chi connectivity index (χ0n) is 8.40. The minimum Gasteiger partial charge on any atom is -0.496 e. The number of benzene rings is 1. The maximum atomic E-state index is 9.12. The Hall–Kier alpha value is -1.81. The zero-order chi connectivity index (χ0) is 10.7. The van der Waals surface area contributed by atoms with Gasteiger partial charge in [0.1, 0.15) is 5.75 Å². The van der Waals surface area contributed by atoms with Crippen LogP contribution < -0.4 is 4.74 Å². The van der Waals surface area contributed by atoms with Crippen molar-refractivity contribution < 1.29 is 9.84 Å². The van der Waals surface area contributed by atoms with E-state index in [1.165, 1.54) is 0 Å². The Morgan fingerprint density at radius 2 is 2.13 bits per heavy atom. The monoisotopic (exact) mass is 204 g/mol. The van der Waals surface area contributed by atoms with Crippen LogP contribution in [0.1, 0.15) is 5.69 Å². The third-order valence-corrected chi connectivity index (χ3v) is 2.27. The van der Waals surface area contributed by atoms with E-state index in [0.717, 1.165) is 16.9 Å². The first-order chi connectivity index (χ1) is 7.36. The van der Waals surface area contributed by atoms with Crippen molar-refractivity contribution in [2.45, 2.75) is 6.61 Å². The van der Waals surface area contributed by atoms with Crippen LogP contribution >= 0.6 is 0 Å². The molecule has 0 saturated carbocycles. The maximum Gasteiger partial charge on any atom is 0.126 e. The first-order valence-corrected chi connectivity index (χ1v) is 4.63. The predicted molar refractivity (Wildman–Crippen MR) is 56.5 cm³/mol. The number of H-pyrrole nitrogens is 1. The number of hydrogen-bond acceptors (Lipinski definition) is 3. The van der Waals surface area contributed by atoms with E-state index in [9.17, 15) is 0 Å². The van der Waals surface area contributed by atoms with E-state index in [1.54, 1.807) is 13.3 Å². The predicted octanol–water partition coefficient (Wildman–Crippen LogP) is 1.58. The van der Waals surface area contributed by atoms with Gasteiger partial charge in [0.25, 0.3) is 0 Å². The third kappa shape index (κ3) is 1.71. The van der Waals surface area contributed by atoms with Crippen LogP contribution in [0.5, 0.6) is 5.75 Å². The lowest BCUT2D eigenvalue weighted by atomic mass is 10.1. The molecule has 2 aromatic rings. The number of para-hydroxylation sites is 1. The summed E-state index contributed by atoms with van der Waals surface area (Å²) in [6.45, 7) is -0.0621. The number of hydrogen-bond donors (Lipinski definition) is 2. The second kappa shape index (κ2) is 4.14. The van der Waals surface area contributed by atoms with Gasteiger partial charge in [0.2, 0.25) is 0 Å². The van der Waals surface area contributed by atoms with Crippen LogP contribution in [0, 0.1) is 0 Å². The van der Waals surface area contributed by atoms with Crippen molar-refractivity contribution in [3.8, 4) is 16.9 Å². The molecule has 2 rings (SSSR count). The highest BCUT2D eigenvalue weighted by Gasteiger charge is 2.10. The zero-order valence-corrected chi connectivity index (χ0v) is 8.40. The van der Waals surface area contributed by atoms with Crippen LogP contribution in [0.3, 0.4) is 0 Å². The number of aliphatic hydroxyl groups is 1. The highest BCUT2D eigenvalue weighted by atomic mass is 16.5. The summed E-state index contributed by atoms with van der Waals surface area (Å²) < 4.78 is 5.25. The number of ether oxygens (including phenoxy) is 1. The number of aromatic nitrogens is 2. The van der Waals surface area contributed by atoms with Crippen LogP contribution in [0.2, 0.25) is 0 Å². The van der Waals surface area contributed by atoms with E-state index in [-0.39, 0.29) is 6.61 Å². The standard InChI is InChI=1S/C11H12N2O2/c1-15-11-5-3-2-4-8(11)9-6-12-13-10(9)7-14/h2-6,14H,7H2,1H3,(H,12,13). The largest absolute Gasteiger partial charge is 0.496 e. The first-order valence-electron chi connectivity index (χ1n) is 4.63. The molecule has 0 unspecified atom stereocenters. The number of methoxy groups -OCH3 is 1. The van der Waals surface area contributed by atoms with Gasteiger partial charge in [0, 0.05) is 11.1 Å². The highest BCUT2D eigenvalue weighted by Crippen LogP contribution is 2.30. The summed E-state index contributed by atoms with van der Waals surface area (Å²) in [7, 11) is 1.62. The summed E-state index contributed by atoms with van der Waals surface area (Å²) in [5.41, 5.74) is 2.49. The fourth-order valence-corrected chi connectivity index (χ4v) is 1.53. The van der Waals surface area contributed by atoms with Crippen molar-refractivity contribution in [3.05, 3.63) is 36.2 Å². The fourth-order valence-electron chi connectivity index (χ4n) is 1.53. The van der Waals surface area contributed by atoms with Gasteiger partial charge in [0.15, 0.2) is 0 Å². The van der Waals surface area contributed by atoms with Crippen LogP contribution in [-0.2, 0) is 6.61 Å². The molecule has 0 spiro atoms. The topological polar surface area (TPSA) is 58.1 Å². The Morgan fingerprint density at radius 1 is 1.33 bits per heavy atom. The second-order valence-corrected chi connectivity index (χ2v) is 3.12. The van der Waals surface area contributed by atoms with E-state index in [4.69, 9.17) is 9.84 Å². The molecular weight excluding hydrogens is 192 g/mol. The molecule has 1 heterocycles. The fraction of sp³-hybridized carbons (Fsp3) is 0.182. The molecule has 78 valence electrons. The van der Waals surface area contributed by atoms with Crippen LogP contribution in [0.25, 0.3) is 11.1 Å². The SMILES string of the molecule is COc1ccccc1-c1cn[nH]c1CO. The lowest BCUT2D eigenvalue weighted by Gasteiger charge is -2.07. The molecule has 0 radical (unpaired) electrons. The number of rotatable bonds is 3. The smallest absolute Gasteiger partial charge is 0.126 e. The molecule has 0 aliphatic rings. The molecule has 0 amide bonds. The van der Waals surface area contributed by atoms with Crippen molar-refractivity contribution in [2.75, 3.05) is 7.11 Å². The Bertz CT molecular complexity index is 451. The number of aromatic amines is 1. The quantitative estimate of drug-likeness (QED) is 0.798. The summed E-state index contributed by atoms with van der Waals surface area (Å²) in [5, 5.41) is 15.8. The first kappa shape index (κ1) is 9.73. The molecule has 0 bridgehead atoms. The van der Waals surface area contributed by atoms with E-state index in [0.29, 0.717) is 5.69 Å². The van der Waals surface area contributed by atoms with Gasteiger partial charge in [-0.05, 0) is 6.07 Å². The van der Waals surface area contributed by atoms with Crippen LogP contribution in [0.4, 0.5) is 0 Å². The average Bonchev–Trinajstić information content (AvgIpc) is 2.76. The average molecular weight is 204 g/mol. The number of aliphatic hydroxyl groups excluding tert-OH is 1. The van der Waals surface area contributed by atoms with Crippen molar-refractivity contribution >= 4 is 0 Å². The Labute approximate surface area is 87.5 Å². The van der Waals surface area contributed by atoms with E-state index in [1.807, 2.05) is 24.3 Å². The molecule has 0 atom stereocenters. The van der Waals surface area contributed by atoms with Gasteiger partial charge in [-0.1, -0.05) is 18.2 Å². The lowest BCUT2D eigenvalue weighted by molar-refractivity contribution is 0.277. The Morgan fingerprint density at radius 3 is 2.87 bits per heavy atom. The summed E-state index contributed by atoms with van der Waals surface area (Å²) in [5.74, 6) is 0.772. The van der Waals surface area contributed by atoms with E-state index < -0.39 is 0 Å². The number of nitrogens with zero attached hydrogens (tertiary/aromatic N) is 1. The molecular formula is C11H12N2O2. The third-order valence-electron chi connectivity index (χ3n) is 2.27. The second-order valence-electron chi connectivity index (χ2n) is 3.12. The molecule has 0 aliphatic carbocycles. The van der Waals surface area contributed by atoms with E-state index >= 15 is 0 Å². The summed E-state index contributed by atoms with van der Waals surface area (Å²) in [6, 6.07) is 7.64. The van der Waals surface area contributed by atoms with E-state index in [2.05, 4.69) is 10.2 Å². The molecule has 4 heteroatoms. The van der Waals surface area contributed by atoms with Crippen molar-refractivity contribution in [1.82, 2.24) is 10.2 Å². The van der Waals surface area contributed by atoms with Gasteiger partial charge in [0.05, 0.1) is 25.6 Å². The highest BCUT2D eigenvalue weighted by molar-refractivity contribution is 5.71. The van der Waals surface area contributed by atoms with Crippen molar-refractivity contribution in [2.24, 2.45) is 0 Å². The molecule has 0 saturated heterocycles. The Balaban J connectivity index is 2.53. The van der Waals surface area contributed by atoms with Gasteiger partial charge in [-0.15, -0.1) is 0 Å². The summed E-state index contributed by atoms with van der Waals surface area (Å²) >= 11 is 0. The van der Waals surface area contributed by atoms with Crippen molar-refractivity contribution in [1.29, 1.82) is 0 Å². The maximum absolute atomic E-state index is 9.12. The van der Waals surface area contributed by atoms with Gasteiger partial charge < -0.3 is 9.84 Å². The summed E-state index contributed by atoms with van der Waals surface area (Å²) in [4.78, 5) is 0. The van der Waals surface area contributed by atoms with Crippen LogP contribution in [0.15, 0.2) is 30.5 Å². The normalized spacial score (nSPS) is 10.3. The molecule has 4 nitrogen and oxygen atoms in total. The summed E-state index contributed by atoms with van der Waals surface area (Å²) in [6.07, 6.45) is 1.68. The van der Waals surface area contributed by atoms with Gasteiger partial charge in [-0.3, -0.25) is 5.10 Å². The molecule has 15 heavy (non-hydrogen) atoms. The van der Waals surface area contributed by atoms with Crippen molar-refractivity contribution in [3.63, 3.8) is 0 Å². The molecule has 1 aromatic carbocycles. The number of nitrogens with one attached hydrogen (secondary N) is 1. The molecule has 0 fully saturated rings. The minimum atomic E-state index is -0.0621. The Kier molecular flexibility index (Phi) is 2.69. The van der Waals surface area contributed by atoms with Gasteiger partial charge >= 0.3 is 0 Å². The van der Waals surface area contributed by atoms with Crippen LogP contribution in [-0.4, -0.2) is 22.4 Å². The van der Waals surface area contributed by atoms with Gasteiger partial charge in [-0.2, -0.15) is 5.10 Å².